The number of hydrogen-bond donors (Lipinski definition) is 1. The van der Waals surface area contributed by atoms with Crippen LogP contribution >= 0.6 is 15.9 Å². The van der Waals surface area contributed by atoms with Gasteiger partial charge in [-0.15, -0.1) is 0 Å². The topological polar surface area (TPSA) is 55.4 Å². The van der Waals surface area contributed by atoms with Gasteiger partial charge in [0.2, 0.25) is 10.0 Å². The lowest BCUT2D eigenvalue weighted by molar-refractivity contribution is 0.399. The summed E-state index contributed by atoms with van der Waals surface area (Å²) in [6.45, 7) is 5.93. The zero-order valence-electron chi connectivity index (χ0n) is 11.6. The maximum absolute atomic E-state index is 12.4. The summed E-state index contributed by atoms with van der Waals surface area (Å²) in [5.74, 6) is 0.611. The van der Waals surface area contributed by atoms with E-state index in [1.165, 1.54) is 7.11 Å². The van der Waals surface area contributed by atoms with Crippen LogP contribution in [0.3, 0.4) is 0 Å². The molecule has 0 radical (unpaired) electrons. The highest BCUT2D eigenvalue weighted by atomic mass is 79.9. The van der Waals surface area contributed by atoms with E-state index in [1.54, 1.807) is 18.2 Å². The Morgan fingerprint density at radius 2 is 2.00 bits per heavy atom. The van der Waals surface area contributed by atoms with E-state index >= 15 is 0 Å². The molecule has 2 atom stereocenters. The van der Waals surface area contributed by atoms with Gasteiger partial charge in [-0.05, 0) is 31.0 Å². The SMILES string of the molecule is CCC(C)C(C)NS(=O)(=O)c1cc(Br)ccc1OC. The predicted octanol–water partition coefficient (Wildman–Crippen LogP) is 3.17. The van der Waals surface area contributed by atoms with Crippen molar-refractivity contribution in [3.8, 4) is 5.75 Å². The molecule has 0 saturated heterocycles. The molecule has 1 rings (SSSR count). The average molecular weight is 350 g/mol. The van der Waals surface area contributed by atoms with Crippen molar-refractivity contribution < 1.29 is 13.2 Å². The largest absolute Gasteiger partial charge is 0.495 e. The summed E-state index contributed by atoms with van der Waals surface area (Å²) < 4.78 is 33.3. The number of halogens is 1. The van der Waals surface area contributed by atoms with Gasteiger partial charge < -0.3 is 4.74 Å². The van der Waals surface area contributed by atoms with Crippen LogP contribution in [0, 0.1) is 5.92 Å². The zero-order valence-corrected chi connectivity index (χ0v) is 14.0. The number of sulfonamides is 1. The van der Waals surface area contributed by atoms with Crippen LogP contribution in [0.5, 0.6) is 5.75 Å². The minimum absolute atomic E-state index is 0.126. The first-order valence-corrected chi connectivity index (χ1v) is 8.45. The third-order valence-corrected chi connectivity index (χ3v) is 5.33. The van der Waals surface area contributed by atoms with Gasteiger partial charge in [-0.25, -0.2) is 13.1 Å². The second kappa shape index (κ2) is 6.72. The summed E-state index contributed by atoms with van der Waals surface area (Å²) >= 11 is 3.28. The van der Waals surface area contributed by atoms with E-state index in [0.29, 0.717) is 10.2 Å². The van der Waals surface area contributed by atoms with Gasteiger partial charge in [-0.1, -0.05) is 36.2 Å². The molecule has 0 saturated carbocycles. The summed E-state index contributed by atoms with van der Waals surface area (Å²) in [6, 6.07) is 4.80. The third kappa shape index (κ3) is 4.19. The fraction of sp³-hybridized carbons (Fsp3) is 0.538. The fourth-order valence-electron chi connectivity index (χ4n) is 1.64. The highest BCUT2D eigenvalue weighted by Gasteiger charge is 2.23. The van der Waals surface area contributed by atoms with Crippen LogP contribution in [-0.2, 0) is 10.0 Å². The molecule has 6 heteroatoms. The second-order valence-electron chi connectivity index (χ2n) is 4.59. The smallest absolute Gasteiger partial charge is 0.244 e. The van der Waals surface area contributed by atoms with E-state index in [-0.39, 0.29) is 16.9 Å². The molecule has 1 aromatic carbocycles. The molecule has 0 fully saturated rings. The molecule has 0 aromatic heterocycles. The van der Waals surface area contributed by atoms with E-state index in [9.17, 15) is 8.42 Å². The van der Waals surface area contributed by atoms with E-state index in [1.807, 2.05) is 20.8 Å². The molecule has 0 aliphatic carbocycles. The number of methoxy groups -OCH3 is 1. The first-order valence-electron chi connectivity index (χ1n) is 6.17. The van der Waals surface area contributed by atoms with Gasteiger partial charge >= 0.3 is 0 Å². The molecule has 19 heavy (non-hydrogen) atoms. The van der Waals surface area contributed by atoms with Gasteiger partial charge in [0.15, 0.2) is 0 Å². The zero-order chi connectivity index (χ0) is 14.6. The minimum atomic E-state index is -3.58. The van der Waals surface area contributed by atoms with Crippen LogP contribution < -0.4 is 9.46 Å². The maximum atomic E-state index is 12.4. The molecule has 0 aliphatic heterocycles. The molecule has 0 aliphatic rings. The van der Waals surface area contributed by atoms with Crippen LogP contribution in [0.1, 0.15) is 27.2 Å². The normalized spacial score (nSPS) is 15.0. The standard InChI is InChI=1S/C13H20BrNO3S/c1-5-9(2)10(3)15-19(16,17)13-8-11(14)6-7-12(13)18-4/h6-10,15H,5H2,1-4H3. The lowest BCUT2D eigenvalue weighted by atomic mass is 10.0. The molecular weight excluding hydrogens is 330 g/mol. The molecule has 0 amide bonds. The second-order valence-corrected chi connectivity index (χ2v) is 7.19. The van der Waals surface area contributed by atoms with Crippen molar-refractivity contribution in [1.82, 2.24) is 4.72 Å². The molecular formula is C13H20BrNO3S. The Balaban J connectivity index is 3.10. The Hall–Kier alpha value is -0.590. The molecule has 2 unspecified atom stereocenters. The van der Waals surface area contributed by atoms with E-state index in [4.69, 9.17) is 4.74 Å². The van der Waals surface area contributed by atoms with E-state index < -0.39 is 10.0 Å². The van der Waals surface area contributed by atoms with Crippen LogP contribution in [0.4, 0.5) is 0 Å². The van der Waals surface area contributed by atoms with Gasteiger partial charge in [0.05, 0.1) is 7.11 Å². The Morgan fingerprint density at radius 3 is 2.53 bits per heavy atom. The van der Waals surface area contributed by atoms with Crippen molar-refractivity contribution in [2.75, 3.05) is 7.11 Å². The molecule has 0 spiro atoms. The van der Waals surface area contributed by atoms with Crippen molar-refractivity contribution in [3.63, 3.8) is 0 Å². The van der Waals surface area contributed by atoms with Gasteiger partial charge in [0.1, 0.15) is 10.6 Å². The van der Waals surface area contributed by atoms with E-state index in [0.717, 1.165) is 6.42 Å². The molecule has 4 nitrogen and oxygen atoms in total. The number of hydrogen-bond acceptors (Lipinski definition) is 3. The minimum Gasteiger partial charge on any atom is -0.495 e. The highest BCUT2D eigenvalue weighted by Crippen LogP contribution is 2.27. The Kier molecular flexibility index (Phi) is 5.82. The first kappa shape index (κ1) is 16.5. The summed E-state index contributed by atoms with van der Waals surface area (Å²) in [7, 11) is -2.13. The van der Waals surface area contributed by atoms with Gasteiger partial charge in [0.25, 0.3) is 0 Å². The lowest BCUT2D eigenvalue weighted by Gasteiger charge is -2.20. The molecule has 0 bridgehead atoms. The quantitative estimate of drug-likeness (QED) is 0.857. The summed E-state index contributed by atoms with van der Waals surface area (Å²) in [4.78, 5) is 0.152. The first-order chi connectivity index (χ1) is 8.81. The molecule has 108 valence electrons. The van der Waals surface area contributed by atoms with Crippen LogP contribution in [0.2, 0.25) is 0 Å². The van der Waals surface area contributed by atoms with E-state index in [2.05, 4.69) is 20.7 Å². The van der Waals surface area contributed by atoms with Crippen LogP contribution in [0.25, 0.3) is 0 Å². The van der Waals surface area contributed by atoms with Crippen molar-refractivity contribution >= 4 is 26.0 Å². The molecule has 1 N–H and O–H groups in total. The molecule has 1 aromatic rings. The lowest BCUT2D eigenvalue weighted by Crippen LogP contribution is -2.37. The summed E-state index contributed by atoms with van der Waals surface area (Å²) in [5, 5.41) is 0. The van der Waals surface area contributed by atoms with Crippen LogP contribution in [-0.4, -0.2) is 21.6 Å². The monoisotopic (exact) mass is 349 g/mol. The van der Waals surface area contributed by atoms with Gasteiger partial charge in [0, 0.05) is 10.5 Å². The summed E-state index contributed by atoms with van der Waals surface area (Å²) in [6.07, 6.45) is 0.916. The Bertz CT molecular complexity index is 531. The average Bonchev–Trinajstić information content (AvgIpc) is 2.37. The Morgan fingerprint density at radius 1 is 1.37 bits per heavy atom. The van der Waals surface area contributed by atoms with Crippen molar-refractivity contribution in [1.29, 1.82) is 0 Å². The third-order valence-electron chi connectivity index (χ3n) is 3.25. The number of ether oxygens (including phenoxy) is 1. The highest BCUT2D eigenvalue weighted by molar-refractivity contribution is 9.10. The number of benzene rings is 1. The maximum Gasteiger partial charge on any atom is 0.244 e. The van der Waals surface area contributed by atoms with Crippen LogP contribution in [0.15, 0.2) is 27.6 Å². The number of rotatable bonds is 6. The van der Waals surface area contributed by atoms with Crippen molar-refractivity contribution in [3.05, 3.63) is 22.7 Å². The van der Waals surface area contributed by atoms with Crippen molar-refractivity contribution in [2.45, 2.75) is 38.1 Å². The Labute approximate surface area is 123 Å². The predicted molar refractivity (Wildman–Crippen MR) is 79.9 cm³/mol. The summed E-state index contributed by atoms with van der Waals surface area (Å²) in [5.41, 5.74) is 0. The van der Waals surface area contributed by atoms with Gasteiger partial charge in [-0.3, -0.25) is 0 Å². The number of nitrogens with one attached hydrogen (secondary N) is 1. The van der Waals surface area contributed by atoms with Gasteiger partial charge in [-0.2, -0.15) is 0 Å². The van der Waals surface area contributed by atoms with Crippen molar-refractivity contribution in [2.24, 2.45) is 5.92 Å². The molecule has 0 heterocycles. The fourth-order valence-corrected chi connectivity index (χ4v) is 3.70.